The van der Waals surface area contributed by atoms with E-state index in [-0.39, 0.29) is 6.10 Å². The van der Waals surface area contributed by atoms with Gasteiger partial charge in [-0.3, -0.25) is 0 Å². The number of para-hydroxylation sites is 1. The molecular formula is C10H13BrO2. The number of ether oxygens (including phenoxy) is 2. The highest BCUT2D eigenvalue weighted by Crippen LogP contribution is 2.09. The fraction of sp³-hybridized carbons (Fsp3) is 0.400. The zero-order valence-corrected chi connectivity index (χ0v) is 9.16. The van der Waals surface area contributed by atoms with Crippen molar-refractivity contribution in [3.05, 3.63) is 30.3 Å². The molecule has 0 spiro atoms. The van der Waals surface area contributed by atoms with Gasteiger partial charge in [0.25, 0.3) is 0 Å². The smallest absolute Gasteiger partial charge is 0.119 e. The number of hydrogen-bond donors (Lipinski definition) is 0. The Morgan fingerprint density at radius 2 is 2.00 bits per heavy atom. The average Bonchev–Trinajstić information content (AvgIpc) is 2.17. The summed E-state index contributed by atoms with van der Waals surface area (Å²) < 4.78 is 10.7. The van der Waals surface area contributed by atoms with Crippen molar-refractivity contribution in [2.75, 3.05) is 12.1 Å². The first-order valence-corrected chi connectivity index (χ1v) is 5.30. The molecule has 1 unspecified atom stereocenters. The molecule has 0 fully saturated rings. The van der Waals surface area contributed by atoms with E-state index in [1.165, 1.54) is 0 Å². The van der Waals surface area contributed by atoms with Crippen LogP contribution in [0.25, 0.3) is 0 Å². The summed E-state index contributed by atoms with van der Waals surface area (Å²) in [5, 5.41) is 0. The normalized spacial score (nSPS) is 12.5. The molecule has 0 saturated heterocycles. The molecule has 1 rings (SSSR count). The van der Waals surface area contributed by atoms with Crippen LogP contribution < -0.4 is 4.74 Å². The van der Waals surface area contributed by atoms with E-state index in [0.717, 1.165) is 5.75 Å². The SMILES string of the molecule is CC(COc1ccccc1)OCBr. The van der Waals surface area contributed by atoms with Gasteiger partial charge in [-0.05, 0) is 19.1 Å². The summed E-state index contributed by atoms with van der Waals surface area (Å²) in [6.45, 7) is 2.56. The van der Waals surface area contributed by atoms with Crippen molar-refractivity contribution in [2.45, 2.75) is 13.0 Å². The molecule has 0 aliphatic rings. The molecule has 0 radical (unpaired) electrons. The Kier molecular flexibility index (Phi) is 4.86. The molecule has 0 aromatic heterocycles. The number of benzene rings is 1. The van der Waals surface area contributed by atoms with Gasteiger partial charge in [0, 0.05) is 0 Å². The van der Waals surface area contributed by atoms with Gasteiger partial charge < -0.3 is 9.47 Å². The Balaban J connectivity index is 2.27. The molecule has 0 N–H and O–H groups in total. The minimum atomic E-state index is 0.111. The van der Waals surface area contributed by atoms with Crippen LogP contribution in [0.15, 0.2) is 30.3 Å². The third-order valence-corrected chi connectivity index (χ3v) is 1.84. The molecule has 0 saturated carbocycles. The Bertz CT molecular complexity index is 226. The Hall–Kier alpha value is -0.540. The largest absolute Gasteiger partial charge is 0.491 e. The first-order valence-electron chi connectivity index (χ1n) is 4.18. The first kappa shape index (κ1) is 10.5. The van der Waals surface area contributed by atoms with Crippen molar-refractivity contribution < 1.29 is 9.47 Å². The summed E-state index contributed by atoms with van der Waals surface area (Å²) >= 11 is 3.20. The van der Waals surface area contributed by atoms with E-state index in [2.05, 4.69) is 15.9 Å². The number of halogens is 1. The molecule has 0 amide bonds. The fourth-order valence-corrected chi connectivity index (χ4v) is 1.34. The summed E-state index contributed by atoms with van der Waals surface area (Å²) in [5.41, 5.74) is 0.548. The maximum Gasteiger partial charge on any atom is 0.119 e. The van der Waals surface area contributed by atoms with Crippen molar-refractivity contribution in [3.63, 3.8) is 0 Å². The van der Waals surface area contributed by atoms with E-state index in [9.17, 15) is 0 Å². The average molecular weight is 245 g/mol. The molecule has 0 heterocycles. The highest BCUT2D eigenvalue weighted by molar-refractivity contribution is 9.09. The maximum atomic E-state index is 5.47. The van der Waals surface area contributed by atoms with Crippen LogP contribution in [-0.4, -0.2) is 18.2 Å². The molecule has 1 aromatic carbocycles. The van der Waals surface area contributed by atoms with Crippen LogP contribution in [0.1, 0.15) is 6.92 Å². The second-order valence-electron chi connectivity index (χ2n) is 2.71. The van der Waals surface area contributed by atoms with Crippen molar-refractivity contribution in [1.82, 2.24) is 0 Å². The van der Waals surface area contributed by atoms with Crippen molar-refractivity contribution in [2.24, 2.45) is 0 Å². The minimum absolute atomic E-state index is 0.111. The third-order valence-electron chi connectivity index (χ3n) is 1.58. The lowest BCUT2D eigenvalue weighted by molar-refractivity contribution is 0.0640. The van der Waals surface area contributed by atoms with Gasteiger partial charge in [-0.2, -0.15) is 0 Å². The lowest BCUT2D eigenvalue weighted by Gasteiger charge is -2.12. The van der Waals surface area contributed by atoms with Crippen LogP contribution in [0, 0.1) is 0 Å². The van der Waals surface area contributed by atoms with Gasteiger partial charge in [0.05, 0.1) is 6.10 Å². The molecule has 1 atom stereocenters. The Labute approximate surface area is 87.0 Å². The van der Waals surface area contributed by atoms with Crippen molar-refractivity contribution >= 4 is 15.9 Å². The Morgan fingerprint density at radius 1 is 1.31 bits per heavy atom. The monoisotopic (exact) mass is 244 g/mol. The fourth-order valence-electron chi connectivity index (χ4n) is 0.886. The number of alkyl halides is 1. The lowest BCUT2D eigenvalue weighted by atomic mass is 10.3. The van der Waals surface area contributed by atoms with E-state index in [1.807, 2.05) is 37.3 Å². The van der Waals surface area contributed by atoms with Gasteiger partial charge in [0.2, 0.25) is 0 Å². The summed E-state index contributed by atoms with van der Waals surface area (Å²) in [4.78, 5) is 0. The molecule has 0 bridgehead atoms. The lowest BCUT2D eigenvalue weighted by Crippen LogP contribution is -2.17. The highest BCUT2D eigenvalue weighted by atomic mass is 79.9. The van der Waals surface area contributed by atoms with Crippen molar-refractivity contribution in [1.29, 1.82) is 0 Å². The third kappa shape index (κ3) is 4.29. The van der Waals surface area contributed by atoms with Gasteiger partial charge >= 0.3 is 0 Å². The van der Waals surface area contributed by atoms with Crippen LogP contribution in [0.5, 0.6) is 5.75 Å². The number of hydrogen-bond acceptors (Lipinski definition) is 2. The predicted octanol–water partition coefficient (Wildman–Crippen LogP) is 2.82. The highest BCUT2D eigenvalue weighted by Gasteiger charge is 2.01. The van der Waals surface area contributed by atoms with E-state index < -0.39 is 0 Å². The van der Waals surface area contributed by atoms with Gasteiger partial charge in [0.15, 0.2) is 0 Å². The summed E-state index contributed by atoms with van der Waals surface area (Å²) in [7, 11) is 0. The summed E-state index contributed by atoms with van der Waals surface area (Å²) in [6, 6.07) is 9.73. The van der Waals surface area contributed by atoms with Gasteiger partial charge in [-0.25, -0.2) is 0 Å². The van der Waals surface area contributed by atoms with E-state index in [4.69, 9.17) is 9.47 Å². The van der Waals surface area contributed by atoms with Gasteiger partial charge in [-0.15, -0.1) is 0 Å². The van der Waals surface area contributed by atoms with E-state index in [0.29, 0.717) is 12.1 Å². The van der Waals surface area contributed by atoms with Crippen LogP contribution in [0.4, 0.5) is 0 Å². The molecule has 72 valence electrons. The molecule has 1 aromatic rings. The second kappa shape index (κ2) is 6.00. The van der Waals surface area contributed by atoms with Gasteiger partial charge in [-0.1, -0.05) is 34.1 Å². The maximum absolute atomic E-state index is 5.47. The van der Waals surface area contributed by atoms with Crippen molar-refractivity contribution in [3.8, 4) is 5.75 Å². The van der Waals surface area contributed by atoms with E-state index >= 15 is 0 Å². The molecule has 0 aliphatic carbocycles. The van der Waals surface area contributed by atoms with E-state index in [1.54, 1.807) is 0 Å². The zero-order chi connectivity index (χ0) is 9.52. The van der Waals surface area contributed by atoms with Crippen LogP contribution >= 0.6 is 15.9 Å². The molecule has 2 nitrogen and oxygen atoms in total. The standard InChI is InChI=1S/C10H13BrO2/c1-9(13-8-11)7-12-10-5-3-2-4-6-10/h2-6,9H,7-8H2,1H3. The summed E-state index contributed by atoms with van der Waals surface area (Å²) in [6.07, 6.45) is 0.111. The molecule has 13 heavy (non-hydrogen) atoms. The second-order valence-corrected chi connectivity index (χ2v) is 3.17. The molecule has 0 aliphatic heterocycles. The van der Waals surface area contributed by atoms with Crippen LogP contribution in [0.2, 0.25) is 0 Å². The van der Waals surface area contributed by atoms with Crippen LogP contribution in [0.3, 0.4) is 0 Å². The van der Waals surface area contributed by atoms with Crippen LogP contribution in [-0.2, 0) is 4.74 Å². The molecule has 3 heteroatoms. The van der Waals surface area contributed by atoms with Gasteiger partial charge in [0.1, 0.15) is 17.9 Å². The summed E-state index contributed by atoms with van der Waals surface area (Å²) in [5.74, 6) is 0.882. The zero-order valence-electron chi connectivity index (χ0n) is 7.57. The predicted molar refractivity (Wildman–Crippen MR) is 56.3 cm³/mol. The topological polar surface area (TPSA) is 18.5 Å². The first-order chi connectivity index (χ1) is 6.33. The number of rotatable bonds is 5. The molecular weight excluding hydrogens is 232 g/mol. The Morgan fingerprint density at radius 3 is 2.62 bits per heavy atom. The quantitative estimate of drug-likeness (QED) is 0.742. The minimum Gasteiger partial charge on any atom is -0.491 e.